The number of anilines is 1. The molecule has 1 aliphatic heterocycles. The summed E-state index contributed by atoms with van der Waals surface area (Å²) in [5.74, 6) is 0.616. The van der Waals surface area contributed by atoms with Crippen LogP contribution in [0.15, 0.2) is 18.2 Å². The molecule has 18 heavy (non-hydrogen) atoms. The summed E-state index contributed by atoms with van der Waals surface area (Å²) >= 11 is 6.28. The highest BCUT2D eigenvalue weighted by Crippen LogP contribution is 2.29. The molecule has 4 heteroatoms. The molecule has 2 rings (SSSR count). The average Bonchev–Trinajstić information content (AvgIpc) is 2.81. The van der Waals surface area contributed by atoms with Crippen LogP contribution in [0.1, 0.15) is 18.4 Å². The molecule has 0 spiro atoms. The van der Waals surface area contributed by atoms with Crippen LogP contribution in [0.2, 0.25) is 5.02 Å². The van der Waals surface area contributed by atoms with Crippen molar-refractivity contribution in [2.24, 2.45) is 5.92 Å². The van der Waals surface area contributed by atoms with Gasteiger partial charge in [0.1, 0.15) is 0 Å². The lowest BCUT2D eigenvalue weighted by atomic mass is 10.1. The van der Waals surface area contributed by atoms with Crippen LogP contribution in [-0.4, -0.2) is 31.9 Å². The Hall–Kier alpha value is -0.770. The molecule has 1 aromatic rings. The van der Waals surface area contributed by atoms with Crippen LogP contribution < -0.4 is 10.2 Å². The summed E-state index contributed by atoms with van der Waals surface area (Å²) in [5.41, 5.74) is 2.33. The number of nitrogens with one attached hydrogen (secondary N) is 1. The molecule has 1 atom stereocenters. The number of benzene rings is 1. The topological polar surface area (TPSA) is 35.5 Å². The molecule has 1 unspecified atom stereocenters. The van der Waals surface area contributed by atoms with Gasteiger partial charge < -0.3 is 15.3 Å². The van der Waals surface area contributed by atoms with E-state index in [4.69, 9.17) is 16.7 Å². The minimum atomic E-state index is 0.292. The van der Waals surface area contributed by atoms with Crippen LogP contribution >= 0.6 is 11.6 Å². The fourth-order valence-corrected chi connectivity index (χ4v) is 2.79. The second-order valence-corrected chi connectivity index (χ2v) is 5.33. The highest BCUT2D eigenvalue weighted by atomic mass is 35.5. The van der Waals surface area contributed by atoms with E-state index in [1.54, 1.807) is 0 Å². The zero-order valence-corrected chi connectivity index (χ0v) is 11.6. The molecule has 1 aliphatic rings. The van der Waals surface area contributed by atoms with Crippen LogP contribution in [0.5, 0.6) is 0 Å². The van der Waals surface area contributed by atoms with Gasteiger partial charge in [-0.3, -0.25) is 0 Å². The molecule has 0 aromatic heterocycles. The van der Waals surface area contributed by atoms with Crippen molar-refractivity contribution in [1.82, 2.24) is 5.32 Å². The van der Waals surface area contributed by atoms with E-state index in [0.717, 1.165) is 43.1 Å². The number of nitrogens with zero attached hydrogens (tertiary/aromatic N) is 1. The first-order chi connectivity index (χ1) is 8.74. The van der Waals surface area contributed by atoms with Crippen molar-refractivity contribution in [2.75, 3.05) is 31.6 Å². The van der Waals surface area contributed by atoms with Gasteiger partial charge >= 0.3 is 0 Å². The van der Waals surface area contributed by atoms with Crippen LogP contribution in [0.3, 0.4) is 0 Å². The second-order valence-electron chi connectivity index (χ2n) is 4.92. The minimum Gasteiger partial charge on any atom is -0.396 e. The molecule has 1 aromatic carbocycles. The van der Waals surface area contributed by atoms with E-state index < -0.39 is 0 Å². The maximum absolute atomic E-state index is 8.98. The molecular weight excluding hydrogens is 248 g/mol. The van der Waals surface area contributed by atoms with Crippen molar-refractivity contribution in [3.05, 3.63) is 28.8 Å². The van der Waals surface area contributed by atoms with Crippen molar-refractivity contribution in [3.63, 3.8) is 0 Å². The summed E-state index contributed by atoms with van der Waals surface area (Å²) in [7, 11) is 1.92. The van der Waals surface area contributed by atoms with Crippen LogP contribution in [0.25, 0.3) is 0 Å². The maximum atomic E-state index is 8.98. The zero-order chi connectivity index (χ0) is 13.0. The molecule has 0 amide bonds. The molecule has 1 heterocycles. The predicted octanol–water partition coefficient (Wildman–Crippen LogP) is 2.27. The molecule has 0 aliphatic carbocycles. The monoisotopic (exact) mass is 268 g/mol. The van der Waals surface area contributed by atoms with Crippen molar-refractivity contribution in [3.8, 4) is 0 Å². The lowest BCUT2D eigenvalue weighted by Crippen LogP contribution is -2.20. The first kappa shape index (κ1) is 13.7. The van der Waals surface area contributed by atoms with Gasteiger partial charge in [-0.2, -0.15) is 0 Å². The fourth-order valence-electron chi connectivity index (χ4n) is 2.55. The van der Waals surface area contributed by atoms with E-state index in [1.165, 1.54) is 5.69 Å². The van der Waals surface area contributed by atoms with Crippen LogP contribution in [0.4, 0.5) is 5.69 Å². The Balaban J connectivity index is 2.04. The first-order valence-corrected chi connectivity index (χ1v) is 6.91. The molecule has 3 nitrogen and oxygen atoms in total. The summed E-state index contributed by atoms with van der Waals surface area (Å²) in [4.78, 5) is 2.36. The van der Waals surface area contributed by atoms with E-state index in [-0.39, 0.29) is 0 Å². The molecule has 2 N–H and O–H groups in total. The SMILES string of the molecule is CNCc1ccc(N2CCC(CCO)C2)cc1Cl. The van der Waals surface area contributed by atoms with Gasteiger partial charge in [-0.1, -0.05) is 17.7 Å². The lowest BCUT2D eigenvalue weighted by Gasteiger charge is -2.19. The molecule has 100 valence electrons. The Morgan fingerprint density at radius 1 is 1.50 bits per heavy atom. The highest BCUT2D eigenvalue weighted by molar-refractivity contribution is 6.31. The fraction of sp³-hybridized carbons (Fsp3) is 0.571. The van der Waals surface area contributed by atoms with Gasteiger partial charge in [0, 0.05) is 37.0 Å². The van der Waals surface area contributed by atoms with Gasteiger partial charge in [-0.25, -0.2) is 0 Å². The Labute approximate surface area is 114 Å². The number of halogens is 1. The number of aliphatic hydroxyl groups is 1. The van der Waals surface area contributed by atoms with Crippen molar-refractivity contribution in [2.45, 2.75) is 19.4 Å². The summed E-state index contributed by atoms with van der Waals surface area (Å²) in [5, 5.41) is 12.9. The molecule has 1 fully saturated rings. The van der Waals surface area contributed by atoms with Crippen LogP contribution in [0, 0.1) is 5.92 Å². The van der Waals surface area contributed by atoms with Crippen molar-refractivity contribution in [1.29, 1.82) is 0 Å². The van der Waals surface area contributed by atoms with E-state index in [0.29, 0.717) is 12.5 Å². The number of rotatable bonds is 5. The summed E-state index contributed by atoms with van der Waals surface area (Å²) in [6.45, 7) is 3.18. The third-order valence-electron chi connectivity index (χ3n) is 3.59. The quantitative estimate of drug-likeness (QED) is 0.860. The van der Waals surface area contributed by atoms with Gasteiger partial charge in [0.15, 0.2) is 0 Å². The third kappa shape index (κ3) is 3.16. The molecule has 0 radical (unpaired) electrons. The van der Waals surface area contributed by atoms with Crippen molar-refractivity contribution < 1.29 is 5.11 Å². The molecule has 0 saturated carbocycles. The van der Waals surface area contributed by atoms with Gasteiger partial charge in [-0.15, -0.1) is 0 Å². The molecule has 0 bridgehead atoms. The normalized spacial score (nSPS) is 19.5. The predicted molar refractivity (Wildman–Crippen MR) is 76.2 cm³/mol. The largest absolute Gasteiger partial charge is 0.396 e. The first-order valence-electron chi connectivity index (χ1n) is 6.53. The Morgan fingerprint density at radius 2 is 2.33 bits per heavy atom. The van der Waals surface area contributed by atoms with E-state index in [1.807, 2.05) is 7.05 Å². The summed E-state index contributed by atoms with van der Waals surface area (Å²) < 4.78 is 0. The highest BCUT2D eigenvalue weighted by Gasteiger charge is 2.22. The Morgan fingerprint density at radius 3 is 3.00 bits per heavy atom. The minimum absolute atomic E-state index is 0.292. The van der Waals surface area contributed by atoms with Gasteiger partial charge in [0.05, 0.1) is 0 Å². The average molecular weight is 269 g/mol. The van der Waals surface area contributed by atoms with Gasteiger partial charge in [-0.05, 0) is 43.5 Å². The smallest absolute Gasteiger partial charge is 0.0471 e. The maximum Gasteiger partial charge on any atom is 0.0471 e. The molecular formula is C14H21ClN2O. The lowest BCUT2D eigenvalue weighted by molar-refractivity contribution is 0.263. The van der Waals surface area contributed by atoms with Gasteiger partial charge in [0.25, 0.3) is 0 Å². The van der Waals surface area contributed by atoms with Gasteiger partial charge in [0.2, 0.25) is 0 Å². The number of hydrogen-bond donors (Lipinski definition) is 2. The second kappa shape index (κ2) is 6.41. The van der Waals surface area contributed by atoms with E-state index in [2.05, 4.69) is 28.4 Å². The number of hydrogen-bond acceptors (Lipinski definition) is 3. The third-order valence-corrected chi connectivity index (χ3v) is 3.94. The Kier molecular flexibility index (Phi) is 4.87. The van der Waals surface area contributed by atoms with Crippen LogP contribution in [-0.2, 0) is 6.54 Å². The summed E-state index contributed by atoms with van der Waals surface area (Å²) in [6.07, 6.45) is 2.07. The number of aliphatic hydroxyl groups excluding tert-OH is 1. The van der Waals surface area contributed by atoms with E-state index >= 15 is 0 Å². The standard InChI is InChI=1S/C14H21ClN2O/c1-16-9-12-2-3-13(8-14(12)15)17-6-4-11(10-17)5-7-18/h2-3,8,11,16,18H,4-7,9-10H2,1H3. The van der Waals surface area contributed by atoms with E-state index in [9.17, 15) is 0 Å². The Bertz CT molecular complexity index is 397. The summed E-state index contributed by atoms with van der Waals surface area (Å²) in [6, 6.07) is 6.28. The molecule has 1 saturated heterocycles. The van der Waals surface area contributed by atoms with Crippen molar-refractivity contribution >= 4 is 17.3 Å². The zero-order valence-electron chi connectivity index (χ0n) is 10.8.